The van der Waals surface area contributed by atoms with Gasteiger partial charge in [-0.15, -0.1) is 11.3 Å². The summed E-state index contributed by atoms with van der Waals surface area (Å²) in [5.41, 5.74) is 1.96. The summed E-state index contributed by atoms with van der Waals surface area (Å²) in [6.45, 7) is 7.26. The topological polar surface area (TPSA) is 93.7 Å². The first-order chi connectivity index (χ1) is 16.6. The number of halogens is 2. The van der Waals surface area contributed by atoms with Gasteiger partial charge in [-0.2, -0.15) is 0 Å². The van der Waals surface area contributed by atoms with E-state index in [1.807, 2.05) is 13.8 Å². The minimum Gasteiger partial charge on any atom is -0.481 e. The van der Waals surface area contributed by atoms with Crippen molar-refractivity contribution in [3.8, 4) is 5.75 Å². The van der Waals surface area contributed by atoms with E-state index in [0.717, 1.165) is 10.4 Å². The number of hydrogen-bond donors (Lipinski definition) is 2. The molecule has 2 amide bonds. The highest BCUT2D eigenvalue weighted by Crippen LogP contribution is 2.33. The molecular formula is C25H24Cl2N2O5S. The highest BCUT2D eigenvalue weighted by Gasteiger charge is 2.22. The molecule has 2 N–H and O–H groups in total. The third kappa shape index (κ3) is 6.75. The molecule has 35 heavy (non-hydrogen) atoms. The molecule has 0 spiro atoms. The smallest absolute Gasteiger partial charge is 0.341 e. The number of ether oxygens (including phenoxy) is 2. The van der Waals surface area contributed by atoms with Crippen LogP contribution in [0.5, 0.6) is 5.75 Å². The molecule has 0 bridgehead atoms. The molecular weight excluding hydrogens is 511 g/mol. The van der Waals surface area contributed by atoms with Crippen molar-refractivity contribution in [1.82, 2.24) is 0 Å². The molecule has 1 atom stereocenters. The van der Waals surface area contributed by atoms with Gasteiger partial charge in [0.15, 0.2) is 6.10 Å². The molecule has 3 aromatic rings. The van der Waals surface area contributed by atoms with E-state index in [-0.39, 0.29) is 18.4 Å². The standard InChI is InChI=1S/C25H24Cl2N2O5S/c1-5-33-25(32)21-13(2)15(4)35-24(21)29-23(31)16-6-8-20(9-7-16)34-14(3)22(30)28-19-11-17(26)10-18(27)12-19/h6-12,14H,5H2,1-4H3,(H,28,30)(H,29,31)/t14-/m1/s1. The zero-order chi connectivity index (χ0) is 25.7. The van der Waals surface area contributed by atoms with Gasteiger partial charge in [0, 0.05) is 26.2 Å². The Morgan fingerprint density at radius 2 is 1.63 bits per heavy atom. The van der Waals surface area contributed by atoms with Crippen LogP contribution in [0.2, 0.25) is 10.0 Å². The van der Waals surface area contributed by atoms with Crippen molar-refractivity contribution in [3.63, 3.8) is 0 Å². The normalized spacial score (nSPS) is 11.5. The van der Waals surface area contributed by atoms with Crippen LogP contribution in [0.15, 0.2) is 42.5 Å². The average Bonchev–Trinajstić information content (AvgIpc) is 3.06. The lowest BCUT2D eigenvalue weighted by molar-refractivity contribution is -0.122. The monoisotopic (exact) mass is 534 g/mol. The van der Waals surface area contributed by atoms with Crippen molar-refractivity contribution in [2.24, 2.45) is 0 Å². The van der Waals surface area contributed by atoms with Crippen molar-refractivity contribution in [3.05, 3.63) is 74.1 Å². The van der Waals surface area contributed by atoms with E-state index in [2.05, 4.69) is 10.6 Å². The molecule has 0 radical (unpaired) electrons. The Morgan fingerprint density at radius 3 is 2.23 bits per heavy atom. The van der Waals surface area contributed by atoms with Gasteiger partial charge >= 0.3 is 5.97 Å². The van der Waals surface area contributed by atoms with Gasteiger partial charge in [0.2, 0.25) is 0 Å². The van der Waals surface area contributed by atoms with E-state index < -0.39 is 12.1 Å². The van der Waals surface area contributed by atoms with Gasteiger partial charge in [0.1, 0.15) is 10.8 Å². The van der Waals surface area contributed by atoms with Crippen molar-refractivity contribution in [1.29, 1.82) is 0 Å². The van der Waals surface area contributed by atoms with Crippen LogP contribution in [-0.2, 0) is 9.53 Å². The fourth-order valence-electron chi connectivity index (χ4n) is 3.15. The average molecular weight is 535 g/mol. The molecule has 0 aliphatic heterocycles. The van der Waals surface area contributed by atoms with Crippen LogP contribution in [0.4, 0.5) is 10.7 Å². The highest BCUT2D eigenvalue weighted by molar-refractivity contribution is 7.16. The Hall–Kier alpha value is -3.07. The van der Waals surface area contributed by atoms with Crippen LogP contribution in [0, 0.1) is 13.8 Å². The minimum atomic E-state index is -0.823. The zero-order valence-electron chi connectivity index (χ0n) is 19.5. The molecule has 0 aliphatic carbocycles. The third-order valence-electron chi connectivity index (χ3n) is 5.02. The van der Waals surface area contributed by atoms with Crippen molar-refractivity contribution in [2.75, 3.05) is 17.2 Å². The van der Waals surface area contributed by atoms with Crippen LogP contribution in [-0.4, -0.2) is 30.5 Å². The second-order valence-electron chi connectivity index (χ2n) is 7.59. The number of anilines is 2. The molecule has 1 aromatic heterocycles. The molecule has 0 fully saturated rings. The van der Waals surface area contributed by atoms with E-state index in [4.69, 9.17) is 32.7 Å². The summed E-state index contributed by atoms with van der Waals surface area (Å²) in [7, 11) is 0. The first-order valence-corrected chi connectivity index (χ1v) is 12.3. The number of carbonyl (C=O) groups excluding carboxylic acids is 3. The van der Waals surface area contributed by atoms with Gasteiger partial charge in [-0.05, 0) is 75.7 Å². The molecule has 0 unspecified atom stereocenters. The van der Waals surface area contributed by atoms with Crippen molar-refractivity contribution in [2.45, 2.75) is 33.8 Å². The molecule has 10 heteroatoms. The van der Waals surface area contributed by atoms with Crippen molar-refractivity contribution < 1.29 is 23.9 Å². The van der Waals surface area contributed by atoms with E-state index in [0.29, 0.717) is 37.6 Å². The van der Waals surface area contributed by atoms with Crippen LogP contribution in [0.1, 0.15) is 45.0 Å². The second kappa shape index (κ2) is 11.6. The molecule has 0 aliphatic rings. The van der Waals surface area contributed by atoms with Crippen LogP contribution in [0.25, 0.3) is 0 Å². The number of thiophene rings is 1. The summed E-state index contributed by atoms with van der Waals surface area (Å²) in [6, 6.07) is 11.0. The molecule has 184 valence electrons. The second-order valence-corrected chi connectivity index (χ2v) is 9.69. The van der Waals surface area contributed by atoms with Gasteiger partial charge in [-0.25, -0.2) is 4.79 Å². The van der Waals surface area contributed by atoms with E-state index in [1.165, 1.54) is 11.3 Å². The molecule has 0 saturated heterocycles. The summed E-state index contributed by atoms with van der Waals surface area (Å²) in [4.78, 5) is 38.5. The zero-order valence-corrected chi connectivity index (χ0v) is 21.9. The Labute approximate surface area is 217 Å². The Kier molecular flexibility index (Phi) is 8.77. The Morgan fingerprint density at radius 1 is 1.00 bits per heavy atom. The number of amides is 2. The first kappa shape index (κ1) is 26.5. The number of benzene rings is 2. The summed E-state index contributed by atoms with van der Waals surface area (Å²) in [5, 5.41) is 6.73. The maximum absolute atomic E-state index is 12.8. The summed E-state index contributed by atoms with van der Waals surface area (Å²) >= 11 is 13.2. The molecule has 7 nitrogen and oxygen atoms in total. The van der Waals surface area contributed by atoms with Gasteiger partial charge < -0.3 is 20.1 Å². The molecule has 1 heterocycles. The minimum absolute atomic E-state index is 0.241. The highest BCUT2D eigenvalue weighted by atomic mass is 35.5. The lowest BCUT2D eigenvalue weighted by Gasteiger charge is -2.15. The van der Waals surface area contributed by atoms with Gasteiger partial charge in [-0.3, -0.25) is 9.59 Å². The predicted octanol–water partition coefficient (Wildman–Crippen LogP) is 6.51. The maximum atomic E-state index is 12.8. The van der Waals surface area contributed by atoms with E-state index in [9.17, 15) is 14.4 Å². The maximum Gasteiger partial charge on any atom is 0.341 e. The Bertz CT molecular complexity index is 1240. The number of hydrogen-bond acceptors (Lipinski definition) is 6. The SMILES string of the molecule is CCOC(=O)c1c(NC(=O)c2ccc(O[C@H](C)C(=O)Nc3cc(Cl)cc(Cl)c3)cc2)sc(C)c1C. The lowest BCUT2D eigenvalue weighted by Crippen LogP contribution is -2.30. The van der Waals surface area contributed by atoms with Crippen molar-refractivity contribution >= 4 is 63.0 Å². The number of carbonyl (C=O) groups is 3. The summed E-state index contributed by atoms with van der Waals surface area (Å²) in [5.74, 6) is -0.837. The van der Waals surface area contributed by atoms with Crippen LogP contribution in [0.3, 0.4) is 0 Å². The van der Waals surface area contributed by atoms with Crippen LogP contribution < -0.4 is 15.4 Å². The van der Waals surface area contributed by atoms with E-state index >= 15 is 0 Å². The molecule has 2 aromatic carbocycles. The first-order valence-electron chi connectivity index (χ1n) is 10.7. The predicted molar refractivity (Wildman–Crippen MR) is 139 cm³/mol. The largest absolute Gasteiger partial charge is 0.481 e. The number of esters is 1. The lowest BCUT2D eigenvalue weighted by atomic mass is 10.1. The van der Waals surface area contributed by atoms with Gasteiger partial charge in [0.25, 0.3) is 11.8 Å². The third-order valence-corrected chi connectivity index (χ3v) is 6.58. The molecule has 0 saturated carbocycles. The number of nitrogens with one attached hydrogen (secondary N) is 2. The number of aryl methyl sites for hydroxylation is 1. The molecule has 3 rings (SSSR count). The summed E-state index contributed by atoms with van der Waals surface area (Å²) < 4.78 is 10.8. The summed E-state index contributed by atoms with van der Waals surface area (Å²) in [6.07, 6.45) is -0.823. The number of rotatable bonds is 8. The van der Waals surface area contributed by atoms with Crippen LogP contribution >= 0.6 is 34.5 Å². The Balaban J connectivity index is 1.65. The quantitative estimate of drug-likeness (QED) is 0.321. The fourth-order valence-corrected chi connectivity index (χ4v) is 4.72. The van der Waals surface area contributed by atoms with Gasteiger partial charge in [-0.1, -0.05) is 23.2 Å². The van der Waals surface area contributed by atoms with Gasteiger partial charge in [0.05, 0.1) is 12.2 Å². The fraction of sp³-hybridized carbons (Fsp3) is 0.240. The van der Waals surface area contributed by atoms with E-state index in [1.54, 1.807) is 56.3 Å².